The molecule has 4 N–H and O–H groups in total. The molecule has 2 aromatic rings. The summed E-state index contributed by atoms with van der Waals surface area (Å²) < 4.78 is 17.0. The van der Waals surface area contributed by atoms with Crippen LogP contribution in [0.1, 0.15) is 65.2 Å². The SMILES string of the molecule is CCCc1cc(C(CSC)C(N)C(=O)O)cc(CCC)c1OCc1ccc2c(c1C(=O)O)OCO2. The van der Waals surface area contributed by atoms with E-state index < -0.39 is 18.0 Å². The highest BCUT2D eigenvalue weighted by molar-refractivity contribution is 7.98. The lowest BCUT2D eigenvalue weighted by atomic mass is 9.88. The molecule has 0 bridgehead atoms. The Kier molecular flexibility index (Phi) is 9.28. The molecule has 9 heteroatoms. The highest BCUT2D eigenvalue weighted by Gasteiger charge is 2.28. The molecule has 8 nitrogen and oxygen atoms in total. The maximum Gasteiger partial charge on any atom is 0.340 e. The third-order valence-electron chi connectivity index (χ3n) is 6.01. The molecule has 0 saturated carbocycles. The third kappa shape index (κ3) is 6.02. The summed E-state index contributed by atoms with van der Waals surface area (Å²) in [4.78, 5) is 23.7. The quantitative estimate of drug-likeness (QED) is 0.363. The molecular formula is C26H33NO7S. The van der Waals surface area contributed by atoms with Crippen LogP contribution in [0.3, 0.4) is 0 Å². The molecule has 1 aliphatic rings. The van der Waals surface area contributed by atoms with E-state index in [4.69, 9.17) is 19.9 Å². The topological polar surface area (TPSA) is 128 Å². The second-order valence-electron chi connectivity index (χ2n) is 8.52. The van der Waals surface area contributed by atoms with Crippen LogP contribution in [0.5, 0.6) is 17.2 Å². The van der Waals surface area contributed by atoms with Crippen molar-refractivity contribution in [3.05, 3.63) is 52.1 Å². The summed E-state index contributed by atoms with van der Waals surface area (Å²) in [5.74, 6) is -0.533. The van der Waals surface area contributed by atoms with Gasteiger partial charge in [0.25, 0.3) is 0 Å². The molecule has 0 radical (unpaired) electrons. The molecule has 1 heterocycles. The maximum absolute atomic E-state index is 12.0. The van der Waals surface area contributed by atoms with Crippen molar-refractivity contribution in [1.29, 1.82) is 0 Å². The van der Waals surface area contributed by atoms with Crippen LogP contribution in [-0.2, 0) is 24.2 Å². The number of ether oxygens (including phenoxy) is 3. The van der Waals surface area contributed by atoms with Crippen LogP contribution in [0.25, 0.3) is 0 Å². The summed E-state index contributed by atoms with van der Waals surface area (Å²) in [7, 11) is 0. The van der Waals surface area contributed by atoms with Crippen LogP contribution in [0, 0.1) is 0 Å². The normalized spacial score (nSPS) is 13.9. The number of carboxylic acid groups (broad SMARTS) is 2. The Morgan fingerprint density at radius 2 is 1.74 bits per heavy atom. The molecule has 3 rings (SSSR count). The first-order chi connectivity index (χ1) is 16.8. The fraction of sp³-hybridized carbons (Fsp3) is 0.462. The van der Waals surface area contributed by atoms with Crippen molar-refractivity contribution < 1.29 is 34.0 Å². The first-order valence-corrected chi connectivity index (χ1v) is 13.1. The summed E-state index contributed by atoms with van der Waals surface area (Å²) in [6, 6.07) is 6.37. The Morgan fingerprint density at radius 1 is 1.09 bits per heavy atom. The highest BCUT2D eigenvalue weighted by Crippen LogP contribution is 2.39. The summed E-state index contributed by atoms with van der Waals surface area (Å²) in [5, 5.41) is 19.4. The van der Waals surface area contributed by atoms with E-state index in [1.54, 1.807) is 23.9 Å². The lowest BCUT2D eigenvalue weighted by molar-refractivity contribution is -0.138. The van der Waals surface area contributed by atoms with Crippen molar-refractivity contribution in [3.63, 3.8) is 0 Å². The number of fused-ring (bicyclic) bond motifs is 1. The van der Waals surface area contributed by atoms with Gasteiger partial charge in [-0.3, -0.25) is 4.79 Å². The highest BCUT2D eigenvalue weighted by atomic mass is 32.2. The fourth-order valence-electron chi connectivity index (χ4n) is 4.37. The number of aryl methyl sites for hydroxylation is 2. The molecule has 0 spiro atoms. The van der Waals surface area contributed by atoms with E-state index in [1.807, 2.05) is 18.4 Å². The van der Waals surface area contributed by atoms with Crippen molar-refractivity contribution in [2.75, 3.05) is 18.8 Å². The Hall–Kier alpha value is -2.91. The van der Waals surface area contributed by atoms with Gasteiger partial charge in [0.15, 0.2) is 11.5 Å². The largest absolute Gasteiger partial charge is 0.488 e. The van der Waals surface area contributed by atoms with Gasteiger partial charge in [0, 0.05) is 17.2 Å². The van der Waals surface area contributed by atoms with Gasteiger partial charge in [0.2, 0.25) is 6.79 Å². The number of nitrogens with two attached hydrogens (primary N) is 1. The van der Waals surface area contributed by atoms with Crippen LogP contribution in [-0.4, -0.2) is 47.0 Å². The number of carbonyl (C=O) groups is 2. The van der Waals surface area contributed by atoms with Crippen molar-refractivity contribution >= 4 is 23.7 Å². The second kappa shape index (κ2) is 12.2. The van der Waals surface area contributed by atoms with Gasteiger partial charge in [0.05, 0.1) is 0 Å². The summed E-state index contributed by atoms with van der Waals surface area (Å²) >= 11 is 1.56. The van der Waals surface area contributed by atoms with Crippen LogP contribution in [0.15, 0.2) is 24.3 Å². The standard InChI is InChI=1S/C26H33NO7S/c1-4-6-15-10-18(19(13-35-3)22(27)26(30)31)11-16(7-5-2)23(15)32-12-17-8-9-20-24(34-14-33-20)21(17)25(28)29/h8-11,19,22H,4-7,12-14,27H2,1-3H3,(H,28,29)(H,30,31). The molecule has 0 fully saturated rings. The van der Waals surface area contributed by atoms with Gasteiger partial charge < -0.3 is 30.2 Å². The Bertz CT molecular complexity index is 1040. The van der Waals surface area contributed by atoms with Gasteiger partial charge in [-0.05, 0) is 41.9 Å². The number of rotatable bonds is 13. The average Bonchev–Trinajstić information content (AvgIpc) is 3.30. The first kappa shape index (κ1) is 26.7. The monoisotopic (exact) mass is 503 g/mol. The number of carboxylic acids is 2. The first-order valence-electron chi connectivity index (χ1n) is 11.7. The van der Waals surface area contributed by atoms with Gasteiger partial charge in [-0.15, -0.1) is 0 Å². The van der Waals surface area contributed by atoms with E-state index in [0.717, 1.165) is 48.1 Å². The molecular weight excluding hydrogens is 470 g/mol. The fourth-order valence-corrected chi connectivity index (χ4v) is 5.13. The lowest BCUT2D eigenvalue weighted by Gasteiger charge is -2.24. The zero-order chi connectivity index (χ0) is 25.5. The van der Waals surface area contributed by atoms with E-state index in [2.05, 4.69) is 13.8 Å². The van der Waals surface area contributed by atoms with Crippen molar-refractivity contribution in [2.45, 2.75) is 58.1 Å². The molecule has 0 saturated heterocycles. The number of aliphatic carboxylic acids is 1. The minimum absolute atomic E-state index is 0.0155. The maximum atomic E-state index is 12.0. The predicted molar refractivity (Wildman–Crippen MR) is 135 cm³/mol. The average molecular weight is 504 g/mol. The van der Waals surface area contributed by atoms with Gasteiger partial charge in [-0.1, -0.05) is 44.9 Å². The van der Waals surface area contributed by atoms with Gasteiger partial charge in [-0.25, -0.2) is 4.79 Å². The minimum Gasteiger partial charge on any atom is -0.488 e. The smallest absolute Gasteiger partial charge is 0.340 e. The minimum atomic E-state index is -1.11. The molecule has 35 heavy (non-hydrogen) atoms. The van der Waals surface area contributed by atoms with Crippen molar-refractivity contribution in [3.8, 4) is 17.2 Å². The molecule has 0 aliphatic carbocycles. The molecule has 2 unspecified atom stereocenters. The van der Waals surface area contributed by atoms with E-state index >= 15 is 0 Å². The predicted octanol–water partition coefficient (Wildman–Crippen LogP) is 4.46. The van der Waals surface area contributed by atoms with Gasteiger partial charge >= 0.3 is 11.9 Å². The summed E-state index contributed by atoms with van der Waals surface area (Å²) in [5.41, 5.74) is 9.42. The van der Waals surface area contributed by atoms with Gasteiger partial charge in [0.1, 0.15) is 24.0 Å². The second-order valence-corrected chi connectivity index (χ2v) is 9.43. The summed E-state index contributed by atoms with van der Waals surface area (Å²) in [6.45, 7) is 4.17. The van der Waals surface area contributed by atoms with Crippen LogP contribution in [0.2, 0.25) is 0 Å². The molecule has 1 aliphatic heterocycles. The zero-order valence-electron chi connectivity index (χ0n) is 20.3. The molecule has 0 amide bonds. The molecule has 0 aromatic heterocycles. The van der Waals surface area contributed by atoms with E-state index in [0.29, 0.717) is 17.1 Å². The Balaban J connectivity index is 2.02. The van der Waals surface area contributed by atoms with Crippen LogP contribution >= 0.6 is 11.8 Å². The number of hydrogen-bond donors (Lipinski definition) is 3. The summed E-state index contributed by atoms with van der Waals surface area (Å²) in [6.07, 6.45) is 5.15. The van der Waals surface area contributed by atoms with Crippen molar-refractivity contribution in [2.24, 2.45) is 5.73 Å². The van der Waals surface area contributed by atoms with E-state index in [-0.39, 0.29) is 30.6 Å². The van der Waals surface area contributed by atoms with E-state index in [9.17, 15) is 19.8 Å². The molecule has 2 aromatic carbocycles. The molecule has 2 atom stereocenters. The number of aromatic carboxylic acids is 1. The Morgan fingerprint density at radius 3 is 2.29 bits per heavy atom. The third-order valence-corrected chi connectivity index (χ3v) is 6.70. The van der Waals surface area contributed by atoms with Crippen molar-refractivity contribution in [1.82, 2.24) is 0 Å². The number of hydrogen-bond acceptors (Lipinski definition) is 7. The van der Waals surface area contributed by atoms with Crippen LogP contribution < -0.4 is 19.9 Å². The molecule has 190 valence electrons. The lowest BCUT2D eigenvalue weighted by Crippen LogP contribution is -2.37. The van der Waals surface area contributed by atoms with Gasteiger partial charge in [-0.2, -0.15) is 11.8 Å². The number of benzene rings is 2. The van der Waals surface area contributed by atoms with Crippen LogP contribution in [0.4, 0.5) is 0 Å². The number of thioether (sulfide) groups is 1. The zero-order valence-corrected chi connectivity index (χ0v) is 21.2. The Labute approximate surface area is 209 Å². The van der Waals surface area contributed by atoms with E-state index in [1.165, 1.54) is 0 Å².